The van der Waals surface area contributed by atoms with E-state index in [9.17, 15) is 9.18 Å². The molecule has 1 fully saturated rings. The predicted octanol–water partition coefficient (Wildman–Crippen LogP) is 3.85. The molecular weight excluding hydrogens is 363 g/mol. The van der Waals surface area contributed by atoms with Crippen molar-refractivity contribution < 1.29 is 9.18 Å². The molecule has 3 heterocycles. The summed E-state index contributed by atoms with van der Waals surface area (Å²) >= 11 is 1.56. The lowest BCUT2D eigenvalue weighted by Gasteiger charge is -2.30. The molecule has 0 radical (unpaired) electrons. The molecule has 3 aromatic rings. The summed E-state index contributed by atoms with van der Waals surface area (Å²) in [4.78, 5) is 24.5. The quantitative estimate of drug-likeness (QED) is 0.742. The number of halogens is 1. The van der Waals surface area contributed by atoms with E-state index in [4.69, 9.17) is 9.97 Å². The fraction of sp³-hybridized carbons (Fsp3) is 0.350. The van der Waals surface area contributed by atoms with Crippen molar-refractivity contribution in [1.82, 2.24) is 15.3 Å². The molecule has 0 saturated carbocycles. The molecule has 140 valence electrons. The van der Waals surface area contributed by atoms with E-state index < -0.39 is 0 Å². The van der Waals surface area contributed by atoms with Crippen LogP contribution in [0.25, 0.3) is 21.6 Å². The summed E-state index contributed by atoms with van der Waals surface area (Å²) in [5, 5.41) is 3.86. The third-order valence-corrected chi connectivity index (χ3v) is 5.90. The Hall–Kier alpha value is -2.54. The van der Waals surface area contributed by atoms with Crippen LogP contribution in [0.2, 0.25) is 0 Å². The van der Waals surface area contributed by atoms with E-state index in [1.807, 2.05) is 19.1 Å². The third kappa shape index (κ3) is 3.78. The number of carbonyl (C=O) groups excluding carboxylic acids is 1. The first-order valence-corrected chi connectivity index (χ1v) is 10.0. The zero-order chi connectivity index (χ0) is 18.8. The Morgan fingerprint density at radius 1 is 1.19 bits per heavy atom. The van der Waals surface area contributed by atoms with Crippen molar-refractivity contribution in [2.45, 2.75) is 19.8 Å². The van der Waals surface area contributed by atoms with Crippen LogP contribution < -0.4 is 10.2 Å². The molecule has 5 nitrogen and oxygen atoms in total. The number of hydrogen-bond donors (Lipinski definition) is 1. The molecular formula is C20H21FN4OS. The number of carbonyl (C=O) groups is 1. The van der Waals surface area contributed by atoms with Crippen LogP contribution in [0.3, 0.4) is 0 Å². The number of amides is 1. The summed E-state index contributed by atoms with van der Waals surface area (Å²) in [6.45, 7) is 4.28. The average molecular weight is 384 g/mol. The van der Waals surface area contributed by atoms with E-state index in [1.165, 1.54) is 12.1 Å². The van der Waals surface area contributed by atoms with Gasteiger partial charge in [0.15, 0.2) is 5.13 Å². The molecule has 7 heteroatoms. The maximum Gasteiger partial charge on any atom is 0.223 e. The molecule has 1 aliphatic rings. The molecule has 4 rings (SSSR count). The average Bonchev–Trinajstić information content (AvgIpc) is 3.12. The van der Waals surface area contributed by atoms with Crippen LogP contribution in [0.1, 0.15) is 19.8 Å². The van der Waals surface area contributed by atoms with Crippen LogP contribution in [0.15, 0.2) is 36.4 Å². The molecule has 2 aromatic heterocycles. The van der Waals surface area contributed by atoms with Crippen molar-refractivity contribution in [3.63, 3.8) is 0 Å². The lowest BCUT2D eigenvalue weighted by Crippen LogP contribution is -2.40. The van der Waals surface area contributed by atoms with Crippen molar-refractivity contribution in [2.24, 2.45) is 5.92 Å². The van der Waals surface area contributed by atoms with Gasteiger partial charge in [-0.2, -0.15) is 0 Å². The minimum Gasteiger partial charge on any atom is -0.356 e. The number of nitrogens with zero attached hydrogens (tertiary/aromatic N) is 3. The molecule has 1 N–H and O–H groups in total. The molecule has 27 heavy (non-hydrogen) atoms. The number of rotatable bonds is 4. The summed E-state index contributed by atoms with van der Waals surface area (Å²) < 4.78 is 13.1. The van der Waals surface area contributed by atoms with Gasteiger partial charge in [-0.1, -0.05) is 11.3 Å². The normalized spacial score (nSPS) is 15.3. The highest BCUT2D eigenvalue weighted by Crippen LogP contribution is 2.32. The van der Waals surface area contributed by atoms with Gasteiger partial charge in [0.1, 0.15) is 16.2 Å². The highest BCUT2D eigenvalue weighted by molar-refractivity contribution is 7.21. The highest BCUT2D eigenvalue weighted by atomic mass is 32.1. The van der Waals surface area contributed by atoms with Crippen LogP contribution in [-0.2, 0) is 4.79 Å². The summed E-state index contributed by atoms with van der Waals surface area (Å²) in [7, 11) is 0. The molecule has 0 bridgehead atoms. The lowest BCUT2D eigenvalue weighted by molar-refractivity contribution is -0.125. The SMILES string of the molecule is CCNC(=O)C1CCN(c2nc3ccc(-c4ccc(F)cc4)nc3s2)CC1. The number of thiazole rings is 1. The summed E-state index contributed by atoms with van der Waals surface area (Å²) in [5.74, 6) is 0.00163. The topological polar surface area (TPSA) is 58.1 Å². The smallest absolute Gasteiger partial charge is 0.223 e. The second-order valence-corrected chi connectivity index (χ2v) is 7.64. The van der Waals surface area contributed by atoms with E-state index in [-0.39, 0.29) is 17.6 Å². The largest absolute Gasteiger partial charge is 0.356 e. The molecule has 1 amide bonds. The van der Waals surface area contributed by atoms with Crippen molar-refractivity contribution in [1.29, 1.82) is 0 Å². The van der Waals surface area contributed by atoms with Gasteiger partial charge in [-0.3, -0.25) is 4.79 Å². The van der Waals surface area contributed by atoms with E-state index in [2.05, 4.69) is 10.2 Å². The monoisotopic (exact) mass is 384 g/mol. The Morgan fingerprint density at radius 3 is 2.63 bits per heavy atom. The summed E-state index contributed by atoms with van der Waals surface area (Å²) in [5.41, 5.74) is 2.57. The van der Waals surface area contributed by atoms with Crippen LogP contribution >= 0.6 is 11.3 Å². The Kier molecular flexibility index (Phi) is 5.03. The molecule has 1 saturated heterocycles. The van der Waals surface area contributed by atoms with Gasteiger partial charge in [0, 0.05) is 31.1 Å². The Labute approximate surface area is 161 Å². The minimum absolute atomic E-state index is 0.0961. The second kappa shape index (κ2) is 7.60. The molecule has 0 spiro atoms. The maximum atomic E-state index is 13.1. The van der Waals surface area contributed by atoms with E-state index in [1.54, 1.807) is 23.5 Å². The van der Waals surface area contributed by atoms with Crippen molar-refractivity contribution in [3.05, 3.63) is 42.2 Å². The van der Waals surface area contributed by atoms with Crippen LogP contribution in [0, 0.1) is 11.7 Å². The van der Waals surface area contributed by atoms with Gasteiger partial charge < -0.3 is 10.2 Å². The summed E-state index contributed by atoms with van der Waals surface area (Å²) in [6, 6.07) is 10.2. The van der Waals surface area contributed by atoms with Crippen molar-refractivity contribution in [3.8, 4) is 11.3 Å². The number of aromatic nitrogens is 2. The number of fused-ring (bicyclic) bond motifs is 1. The number of nitrogens with one attached hydrogen (secondary N) is 1. The standard InChI is InChI=1S/C20H21FN4OS/c1-2-22-18(26)14-9-11-25(12-10-14)20-24-17-8-7-16(23-19(17)27-20)13-3-5-15(21)6-4-13/h3-8,14H,2,9-12H2,1H3,(H,22,26). The first-order valence-electron chi connectivity index (χ1n) is 9.20. The Bertz CT molecular complexity index is 948. The maximum absolute atomic E-state index is 13.1. The number of pyridine rings is 1. The highest BCUT2D eigenvalue weighted by Gasteiger charge is 2.26. The summed E-state index contributed by atoms with van der Waals surface area (Å²) in [6.07, 6.45) is 1.69. The van der Waals surface area contributed by atoms with Gasteiger partial charge >= 0.3 is 0 Å². The van der Waals surface area contributed by atoms with Gasteiger partial charge in [0.05, 0.1) is 5.69 Å². The number of hydrogen-bond acceptors (Lipinski definition) is 5. The fourth-order valence-electron chi connectivity index (χ4n) is 3.37. The number of anilines is 1. The third-order valence-electron chi connectivity index (χ3n) is 4.87. The molecule has 1 aromatic carbocycles. The van der Waals surface area contributed by atoms with Gasteiger partial charge in [0.25, 0.3) is 0 Å². The molecule has 1 aliphatic heterocycles. The first-order chi connectivity index (χ1) is 13.1. The van der Waals surface area contributed by atoms with Crippen LogP contribution in [-0.4, -0.2) is 35.5 Å². The zero-order valence-electron chi connectivity index (χ0n) is 15.1. The Morgan fingerprint density at radius 2 is 1.93 bits per heavy atom. The lowest BCUT2D eigenvalue weighted by atomic mass is 9.96. The molecule has 0 unspecified atom stereocenters. The number of piperidine rings is 1. The predicted molar refractivity (Wildman–Crippen MR) is 106 cm³/mol. The first kappa shape index (κ1) is 17.9. The van der Waals surface area contributed by atoms with E-state index >= 15 is 0 Å². The van der Waals surface area contributed by atoms with Gasteiger partial charge in [-0.25, -0.2) is 14.4 Å². The molecule has 0 atom stereocenters. The van der Waals surface area contributed by atoms with E-state index in [0.29, 0.717) is 6.54 Å². The second-order valence-electron chi connectivity index (χ2n) is 6.68. The fourth-order valence-corrected chi connectivity index (χ4v) is 4.36. The zero-order valence-corrected chi connectivity index (χ0v) is 15.9. The van der Waals surface area contributed by atoms with Gasteiger partial charge in [-0.05, 0) is 56.2 Å². The van der Waals surface area contributed by atoms with Crippen LogP contribution in [0.4, 0.5) is 9.52 Å². The number of benzene rings is 1. The van der Waals surface area contributed by atoms with E-state index in [0.717, 1.165) is 52.7 Å². The van der Waals surface area contributed by atoms with Crippen molar-refractivity contribution >= 4 is 32.7 Å². The molecule has 0 aliphatic carbocycles. The minimum atomic E-state index is -0.254. The van der Waals surface area contributed by atoms with Crippen molar-refractivity contribution in [2.75, 3.05) is 24.5 Å². The Balaban J connectivity index is 1.51. The van der Waals surface area contributed by atoms with Gasteiger partial charge in [0.2, 0.25) is 5.91 Å². The van der Waals surface area contributed by atoms with Crippen LogP contribution in [0.5, 0.6) is 0 Å². The van der Waals surface area contributed by atoms with Gasteiger partial charge in [-0.15, -0.1) is 0 Å².